The molecule has 1 aliphatic heterocycles. The lowest BCUT2D eigenvalue weighted by Gasteiger charge is -2.28. The molecule has 1 saturated heterocycles. The zero-order valence-electron chi connectivity index (χ0n) is 11.4. The molecule has 8 heteroatoms. The predicted octanol–water partition coefficient (Wildman–Crippen LogP) is 0.202. The fourth-order valence-electron chi connectivity index (χ4n) is 1.91. The van der Waals surface area contributed by atoms with E-state index in [0.717, 1.165) is 0 Å². The Morgan fingerprint density at radius 3 is 2.81 bits per heavy atom. The number of hydrogen-bond donors (Lipinski definition) is 1. The van der Waals surface area contributed by atoms with Gasteiger partial charge in [0.25, 0.3) is 0 Å². The Hall–Kier alpha value is -1.82. The Morgan fingerprint density at radius 1 is 1.43 bits per heavy atom. The van der Waals surface area contributed by atoms with Gasteiger partial charge in [-0.2, -0.15) is 9.57 Å². The van der Waals surface area contributed by atoms with Gasteiger partial charge in [-0.15, -0.1) is 0 Å². The van der Waals surface area contributed by atoms with Crippen LogP contribution >= 0.6 is 0 Å². The van der Waals surface area contributed by atoms with Gasteiger partial charge in [0, 0.05) is 12.2 Å². The summed E-state index contributed by atoms with van der Waals surface area (Å²) in [6, 6.07) is 8.66. The van der Waals surface area contributed by atoms with Crippen molar-refractivity contribution in [2.75, 3.05) is 37.8 Å². The van der Waals surface area contributed by atoms with E-state index >= 15 is 0 Å². The summed E-state index contributed by atoms with van der Waals surface area (Å²) in [5.41, 5.74) is 6.17. The summed E-state index contributed by atoms with van der Waals surface area (Å²) in [5, 5.41) is 8.79. The van der Waals surface area contributed by atoms with E-state index in [1.54, 1.807) is 24.3 Å². The summed E-state index contributed by atoms with van der Waals surface area (Å²) < 4.78 is 36.1. The normalized spacial score (nSPS) is 19.9. The maximum atomic E-state index is 12.2. The molecule has 0 radical (unpaired) electrons. The third-order valence-corrected chi connectivity index (χ3v) is 4.86. The first-order valence-corrected chi connectivity index (χ1v) is 8.09. The van der Waals surface area contributed by atoms with E-state index in [1.807, 2.05) is 6.07 Å². The number of nitrogens with zero attached hydrogens (tertiary/aromatic N) is 2. The molecule has 114 valence electrons. The number of benzene rings is 1. The van der Waals surface area contributed by atoms with Crippen molar-refractivity contribution < 1.29 is 17.9 Å². The first-order chi connectivity index (χ1) is 10.0. The monoisotopic (exact) mass is 311 g/mol. The van der Waals surface area contributed by atoms with Crippen molar-refractivity contribution >= 4 is 15.7 Å². The zero-order chi connectivity index (χ0) is 15.3. The molecule has 0 aromatic heterocycles. The molecular weight excluding hydrogens is 294 g/mol. The summed E-state index contributed by atoms with van der Waals surface area (Å²) in [4.78, 5) is 0. The molecule has 1 aromatic rings. The van der Waals surface area contributed by atoms with Crippen LogP contribution in [0, 0.1) is 11.3 Å². The number of rotatable bonds is 5. The lowest BCUT2D eigenvalue weighted by Crippen LogP contribution is -2.46. The predicted molar refractivity (Wildman–Crippen MR) is 77.1 cm³/mol. The van der Waals surface area contributed by atoms with Crippen LogP contribution in [-0.4, -0.2) is 50.9 Å². The van der Waals surface area contributed by atoms with E-state index in [4.69, 9.17) is 20.5 Å². The molecule has 21 heavy (non-hydrogen) atoms. The van der Waals surface area contributed by atoms with Crippen LogP contribution in [0.25, 0.3) is 0 Å². The molecule has 1 atom stereocenters. The highest BCUT2D eigenvalue weighted by atomic mass is 32.2. The van der Waals surface area contributed by atoms with Crippen molar-refractivity contribution in [3.8, 4) is 11.8 Å². The third kappa shape index (κ3) is 4.32. The standard InChI is InChI=1S/C13H17N3O4S/c14-9-13-10-16(5-6-19-13)21(17,18)8-7-20-12-3-1-11(15)2-4-12/h1-4,13H,5-8,10,15H2. The Morgan fingerprint density at radius 2 is 2.14 bits per heavy atom. The van der Waals surface area contributed by atoms with Crippen LogP contribution in [-0.2, 0) is 14.8 Å². The van der Waals surface area contributed by atoms with E-state index in [0.29, 0.717) is 11.4 Å². The topological polar surface area (TPSA) is 106 Å². The van der Waals surface area contributed by atoms with Crippen molar-refractivity contribution in [2.45, 2.75) is 6.10 Å². The van der Waals surface area contributed by atoms with Gasteiger partial charge in [-0.25, -0.2) is 8.42 Å². The number of nitrogens with two attached hydrogens (primary N) is 1. The minimum Gasteiger partial charge on any atom is -0.492 e. The number of nitrogen functional groups attached to an aromatic ring is 1. The highest BCUT2D eigenvalue weighted by Gasteiger charge is 2.29. The fraction of sp³-hybridized carbons (Fsp3) is 0.462. The summed E-state index contributed by atoms with van der Waals surface area (Å²) in [7, 11) is -3.45. The van der Waals surface area contributed by atoms with Gasteiger partial charge in [-0.1, -0.05) is 0 Å². The SMILES string of the molecule is N#CC1CN(S(=O)(=O)CCOc2ccc(N)cc2)CCO1. The van der Waals surface area contributed by atoms with Gasteiger partial charge in [0.15, 0.2) is 6.10 Å². The maximum absolute atomic E-state index is 12.2. The molecule has 0 saturated carbocycles. The molecule has 7 nitrogen and oxygen atoms in total. The van der Waals surface area contributed by atoms with Crippen molar-refractivity contribution in [1.29, 1.82) is 5.26 Å². The summed E-state index contributed by atoms with van der Waals surface area (Å²) in [5.74, 6) is 0.423. The van der Waals surface area contributed by atoms with E-state index in [1.165, 1.54) is 4.31 Å². The Kier molecular flexibility index (Phi) is 5.01. The number of anilines is 1. The average Bonchev–Trinajstić information content (AvgIpc) is 2.49. The number of morpholine rings is 1. The van der Waals surface area contributed by atoms with Gasteiger partial charge >= 0.3 is 0 Å². The van der Waals surface area contributed by atoms with Gasteiger partial charge in [0.2, 0.25) is 10.0 Å². The van der Waals surface area contributed by atoms with Crippen LogP contribution in [0.1, 0.15) is 0 Å². The van der Waals surface area contributed by atoms with E-state index < -0.39 is 16.1 Å². The second-order valence-electron chi connectivity index (χ2n) is 4.58. The third-order valence-electron chi connectivity index (χ3n) is 3.06. The van der Waals surface area contributed by atoms with Crippen LogP contribution in [0.3, 0.4) is 0 Å². The maximum Gasteiger partial charge on any atom is 0.217 e. The minimum absolute atomic E-state index is 0.0425. The van der Waals surface area contributed by atoms with Crippen LogP contribution in [0.4, 0.5) is 5.69 Å². The van der Waals surface area contributed by atoms with Crippen molar-refractivity contribution in [2.24, 2.45) is 0 Å². The van der Waals surface area contributed by atoms with E-state index in [-0.39, 0.29) is 32.1 Å². The molecule has 0 amide bonds. The van der Waals surface area contributed by atoms with Crippen LogP contribution in [0.5, 0.6) is 5.75 Å². The molecule has 1 aromatic carbocycles. The molecule has 2 rings (SSSR count). The minimum atomic E-state index is -3.45. The summed E-state index contributed by atoms with van der Waals surface area (Å²) >= 11 is 0. The molecule has 1 fully saturated rings. The van der Waals surface area contributed by atoms with Crippen LogP contribution in [0.2, 0.25) is 0 Å². The molecule has 0 spiro atoms. The molecule has 1 heterocycles. The van der Waals surface area contributed by atoms with Gasteiger partial charge in [0.05, 0.1) is 25.0 Å². The number of sulfonamides is 1. The average molecular weight is 311 g/mol. The Balaban J connectivity index is 1.86. The summed E-state index contributed by atoms with van der Waals surface area (Å²) in [6.45, 7) is 0.611. The lowest BCUT2D eigenvalue weighted by molar-refractivity contribution is 0.0310. The molecule has 2 N–H and O–H groups in total. The zero-order valence-corrected chi connectivity index (χ0v) is 12.3. The van der Waals surface area contributed by atoms with Gasteiger partial charge < -0.3 is 15.2 Å². The fourth-order valence-corrected chi connectivity index (χ4v) is 3.18. The second-order valence-corrected chi connectivity index (χ2v) is 6.67. The number of nitriles is 1. The number of ether oxygens (including phenoxy) is 2. The lowest BCUT2D eigenvalue weighted by atomic mass is 10.3. The first-order valence-electron chi connectivity index (χ1n) is 6.48. The van der Waals surface area contributed by atoms with Gasteiger partial charge in [-0.05, 0) is 24.3 Å². The second kappa shape index (κ2) is 6.76. The molecule has 1 aliphatic rings. The van der Waals surface area contributed by atoms with Gasteiger partial charge in [0.1, 0.15) is 12.4 Å². The molecule has 0 bridgehead atoms. The van der Waals surface area contributed by atoms with Gasteiger partial charge in [-0.3, -0.25) is 0 Å². The van der Waals surface area contributed by atoms with Crippen LogP contribution in [0.15, 0.2) is 24.3 Å². The van der Waals surface area contributed by atoms with Crippen molar-refractivity contribution in [3.05, 3.63) is 24.3 Å². The smallest absolute Gasteiger partial charge is 0.217 e. The molecule has 0 aliphatic carbocycles. The largest absolute Gasteiger partial charge is 0.492 e. The molecule has 1 unspecified atom stereocenters. The number of hydrogen-bond acceptors (Lipinski definition) is 6. The summed E-state index contributed by atoms with van der Waals surface area (Å²) in [6.07, 6.45) is -0.702. The van der Waals surface area contributed by atoms with E-state index in [9.17, 15) is 8.42 Å². The molecular formula is C13H17N3O4S. The van der Waals surface area contributed by atoms with E-state index in [2.05, 4.69) is 0 Å². The quantitative estimate of drug-likeness (QED) is 0.779. The Labute approximate surface area is 123 Å². The highest BCUT2D eigenvalue weighted by molar-refractivity contribution is 7.89. The van der Waals surface area contributed by atoms with Crippen molar-refractivity contribution in [1.82, 2.24) is 4.31 Å². The highest BCUT2D eigenvalue weighted by Crippen LogP contribution is 2.14. The van der Waals surface area contributed by atoms with Crippen molar-refractivity contribution in [3.63, 3.8) is 0 Å². The Bertz CT molecular complexity index is 609. The first kappa shape index (κ1) is 15.6. The van der Waals surface area contributed by atoms with Crippen LogP contribution < -0.4 is 10.5 Å².